The Hall–Kier alpha value is -1.43. The third kappa shape index (κ3) is 3.80. The standard InChI is InChI=1S/C12H15BrN2O3/c1-12(2,3)9(11(17)18)15-10(16)7-4-5-8(13)14-6-7/h4-6,9H,1-3H3,(H,15,16)(H,17,18)/t9-/m1/s1. The predicted molar refractivity (Wildman–Crippen MR) is 70.3 cm³/mol. The molecule has 1 atom stereocenters. The van der Waals surface area contributed by atoms with Crippen LogP contribution in [0.2, 0.25) is 0 Å². The lowest BCUT2D eigenvalue weighted by Gasteiger charge is -2.27. The van der Waals surface area contributed by atoms with Crippen molar-refractivity contribution in [1.82, 2.24) is 10.3 Å². The summed E-state index contributed by atoms with van der Waals surface area (Å²) in [6, 6.07) is 2.25. The van der Waals surface area contributed by atoms with E-state index in [1.807, 2.05) is 0 Å². The summed E-state index contributed by atoms with van der Waals surface area (Å²) in [5.41, 5.74) is -0.238. The van der Waals surface area contributed by atoms with E-state index in [1.54, 1.807) is 32.9 Å². The van der Waals surface area contributed by atoms with E-state index < -0.39 is 23.3 Å². The van der Waals surface area contributed by atoms with Crippen molar-refractivity contribution < 1.29 is 14.7 Å². The van der Waals surface area contributed by atoms with Gasteiger partial charge in [-0.15, -0.1) is 0 Å². The zero-order valence-electron chi connectivity index (χ0n) is 10.4. The van der Waals surface area contributed by atoms with Crippen LogP contribution in [0, 0.1) is 5.41 Å². The molecule has 2 N–H and O–H groups in total. The summed E-state index contributed by atoms with van der Waals surface area (Å²) in [4.78, 5) is 26.9. The Morgan fingerprint density at radius 1 is 1.39 bits per heavy atom. The Bertz CT molecular complexity index is 451. The van der Waals surface area contributed by atoms with E-state index in [-0.39, 0.29) is 0 Å². The van der Waals surface area contributed by atoms with E-state index in [2.05, 4.69) is 26.2 Å². The third-order valence-electron chi connectivity index (χ3n) is 2.38. The molecule has 5 nitrogen and oxygen atoms in total. The van der Waals surface area contributed by atoms with Gasteiger partial charge >= 0.3 is 5.97 Å². The number of nitrogens with one attached hydrogen (secondary N) is 1. The second kappa shape index (κ2) is 5.48. The fourth-order valence-corrected chi connectivity index (χ4v) is 1.61. The fraction of sp³-hybridized carbons (Fsp3) is 0.417. The minimum absolute atomic E-state index is 0.328. The number of carbonyl (C=O) groups is 2. The Balaban J connectivity index is 2.86. The van der Waals surface area contributed by atoms with Crippen LogP contribution < -0.4 is 5.32 Å². The number of hydrogen-bond acceptors (Lipinski definition) is 3. The molecule has 0 aliphatic rings. The van der Waals surface area contributed by atoms with Gasteiger partial charge in [0.2, 0.25) is 0 Å². The van der Waals surface area contributed by atoms with Crippen LogP contribution in [0.25, 0.3) is 0 Å². The first-order chi connectivity index (χ1) is 8.21. The number of hydrogen-bond donors (Lipinski definition) is 2. The number of nitrogens with zero attached hydrogens (tertiary/aromatic N) is 1. The number of rotatable bonds is 3. The van der Waals surface area contributed by atoms with E-state index in [4.69, 9.17) is 5.11 Å². The Labute approximate surface area is 114 Å². The summed E-state index contributed by atoms with van der Waals surface area (Å²) in [5.74, 6) is -1.50. The van der Waals surface area contributed by atoms with Gasteiger partial charge in [-0.25, -0.2) is 9.78 Å². The van der Waals surface area contributed by atoms with Crippen LogP contribution >= 0.6 is 15.9 Å². The number of amides is 1. The maximum atomic E-state index is 11.9. The smallest absolute Gasteiger partial charge is 0.326 e. The molecule has 0 aliphatic heterocycles. The van der Waals surface area contributed by atoms with Gasteiger partial charge in [-0.1, -0.05) is 20.8 Å². The van der Waals surface area contributed by atoms with E-state index in [9.17, 15) is 9.59 Å². The number of halogens is 1. The highest BCUT2D eigenvalue weighted by atomic mass is 79.9. The molecule has 0 spiro atoms. The van der Waals surface area contributed by atoms with Crippen LogP contribution in [-0.4, -0.2) is 28.0 Å². The van der Waals surface area contributed by atoms with Gasteiger partial charge in [-0.3, -0.25) is 4.79 Å². The highest BCUT2D eigenvalue weighted by Crippen LogP contribution is 2.20. The lowest BCUT2D eigenvalue weighted by Crippen LogP contribution is -2.49. The van der Waals surface area contributed by atoms with Gasteiger partial charge in [0.25, 0.3) is 5.91 Å². The Kier molecular flexibility index (Phi) is 4.45. The van der Waals surface area contributed by atoms with Crippen molar-refractivity contribution in [3.8, 4) is 0 Å². The maximum Gasteiger partial charge on any atom is 0.326 e. The van der Waals surface area contributed by atoms with Gasteiger partial charge in [-0.2, -0.15) is 0 Å². The summed E-state index contributed by atoms with van der Waals surface area (Å²) in [6.45, 7) is 5.27. The Morgan fingerprint density at radius 2 is 2.00 bits per heavy atom. The molecule has 1 aromatic heterocycles. The molecule has 98 valence electrons. The van der Waals surface area contributed by atoms with Crippen LogP contribution in [0.15, 0.2) is 22.9 Å². The average molecular weight is 315 g/mol. The van der Waals surface area contributed by atoms with Crippen molar-refractivity contribution in [3.63, 3.8) is 0 Å². The zero-order chi connectivity index (χ0) is 13.9. The zero-order valence-corrected chi connectivity index (χ0v) is 12.0. The summed E-state index contributed by atoms with van der Waals surface area (Å²) in [7, 11) is 0. The summed E-state index contributed by atoms with van der Waals surface area (Å²) in [5, 5.41) is 11.6. The van der Waals surface area contributed by atoms with Crippen molar-refractivity contribution in [2.45, 2.75) is 26.8 Å². The molecule has 0 radical (unpaired) electrons. The van der Waals surface area contributed by atoms with Crippen LogP contribution in [0.5, 0.6) is 0 Å². The van der Waals surface area contributed by atoms with E-state index in [0.717, 1.165) is 0 Å². The molecule has 1 heterocycles. The van der Waals surface area contributed by atoms with Crippen LogP contribution in [0.1, 0.15) is 31.1 Å². The first kappa shape index (κ1) is 14.6. The molecule has 1 aromatic rings. The van der Waals surface area contributed by atoms with E-state index in [0.29, 0.717) is 10.2 Å². The molecule has 0 saturated heterocycles. The predicted octanol–water partition coefficient (Wildman–Crippen LogP) is 2.07. The highest BCUT2D eigenvalue weighted by Gasteiger charge is 2.32. The lowest BCUT2D eigenvalue weighted by atomic mass is 9.86. The van der Waals surface area contributed by atoms with Crippen molar-refractivity contribution in [1.29, 1.82) is 0 Å². The van der Waals surface area contributed by atoms with Gasteiger partial charge in [0, 0.05) is 6.20 Å². The van der Waals surface area contributed by atoms with Gasteiger partial charge in [0.1, 0.15) is 10.6 Å². The first-order valence-corrected chi connectivity index (χ1v) is 6.16. The summed E-state index contributed by atoms with van der Waals surface area (Å²) >= 11 is 3.16. The second-order valence-electron chi connectivity index (χ2n) is 4.98. The van der Waals surface area contributed by atoms with E-state index in [1.165, 1.54) is 6.20 Å². The Morgan fingerprint density at radius 3 is 2.39 bits per heavy atom. The summed E-state index contributed by atoms with van der Waals surface area (Å²) in [6.07, 6.45) is 1.39. The molecular formula is C12H15BrN2O3. The number of carboxylic acids is 1. The highest BCUT2D eigenvalue weighted by molar-refractivity contribution is 9.10. The summed E-state index contributed by atoms with van der Waals surface area (Å²) < 4.78 is 0.615. The molecule has 0 bridgehead atoms. The molecular weight excluding hydrogens is 300 g/mol. The molecule has 0 aromatic carbocycles. The molecule has 0 saturated carbocycles. The quantitative estimate of drug-likeness (QED) is 0.837. The molecule has 0 fully saturated rings. The largest absolute Gasteiger partial charge is 0.480 e. The van der Waals surface area contributed by atoms with Gasteiger partial charge in [-0.05, 0) is 33.5 Å². The van der Waals surface area contributed by atoms with E-state index >= 15 is 0 Å². The van der Waals surface area contributed by atoms with Crippen molar-refractivity contribution >= 4 is 27.8 Å². The molecule has 0 unspecified atom stereocenters. The SMILES string of the molecule is CC(C)(C)[C@H](NC(=O)c1ccc(Br)nc1)C(=O)O. The number of aliphatic carboxylic acids is 1. The monoisotopic (exact) mass is 314 g/mol. The van der Waals surface area contributed by atoms with Gasteiger partial charge < -0.3 is 10.4 Å². The minimum atomic E-state index is -1.05. The molecule has 6 heteroatoms. The van der Waals surface area contributed by atoms with Crippen LogP contribution in [-0.2, 0) is 4.79 Å². The molecule has 1 rings (SSSR count). The third-order valence-corrected chi connectivity index (χ3v) is 2.85. The van der Waals surface area contributed by atoms with Gasteiger partial charge in [0.15, 0.2) is 0 Å². The van der Waals surface area contributed by atoms with Crippen molar-refractivity contribution in [3.05, 3.63) is 28.5 Å². The maximum absolute atomic E-state index is 11.9. The normalized spacial score (nSPS) is 12.9. The van der Waals surface area contributed by atoms with Crippen LogP contribution in [0.4, 0.5) is 0 Å². The first-order valence-electron chi connectivity index (χ1n) is 5.37. The molecule has 18 heavy (non-hydrogen) atoms. The molecule has 1 amide bonds. The number of carboxylic acid groups (broad SMARTS) is 1. The van der Waals surface area contributed by atoms with Gasteiger partial charge in [0.05, 0.1) is 5.56 Å². The number of carbonyl (C=O) groups excluding carboxylic acids is 1. The molecule has 0 aliphatic carbocycles. The average Bonchev–Trinajstić information content (AvgIpc) is 2.24. The van der Waals surface area contributed by atoms with Crippen molar-refractivity contribution in [2.75, 3.05) is 0 Å². The topological polar surface area (TPSA) is 79.3 Å². The van der Waals surface area contributed by atoms with Crippen LogP contribution in [0.3, 0.4) is 0 Å². The number of aromatic nitrogens is 1. The van der Waals surface area contributed by atoms with Crippen molar-refractivity contribution in [2.24, 2.45) is 5.41 Å². The number of pyridine rings is 1. The lowest BCUT2D eigenvalue weighted by molar-refractivity contribution is -0.142. The second-order valence-corrected chi connectivity index (χ2v) is 5.79. The minimum Gasteiger partial charge on any atom is -0.480 e. The fourth-order valence-electron chi connectivity index (χ4n) is 1.37.